The van der Waals surface area contributed by atoms with Crippen LogP contribution in [0.2, 0.25) is 0 Å². The lowest BCUT2D eigenvalue weighted by Gasteiger charge is -1.98. The predicted molar refractivity (Wildman–Crippen MR) is 102 cm³/mol. The molecule has 0 spiro atoms. The van der Waals surface area contributed by atoms with E-state index in [1.165, 1.54) is 11.3 Å². The van der Waals surface area contributed by atoms with E-state index in [9.17, 15) is 4.79 Å². The molecular formula is C18H21N5O2S. The number of hydrogen-bond donors (Lipinski definition) is 1. The van der Waals surface area contributed by atoms with Gasteiger partial charge in [0.25, 0.3) is 0 Å². The molecule has 3 rings (SSSR count). The number of nitrogens with zero attached hydrogens (tertiary/aromatic N) is 4. The smallest absolute Gasteiger partial charge is 0.232 e. The SMILES string of the molecule is CC(C)Cc1cnc(/C=C/c2cnc(NC(=O)Cc3cn(C)cn3)s2)o1. The number of anilines is 1. The molecule has 26 heavy (non-hydrogen) atoms. The van der Waals surface area contributed by atoms with Crippen molar-refractivity contribution in [2.75, 3.05) is 5.32 Å². The molecule has 3 aromatic heterocycles. The topological polar surface area (TPSA) is 85.8 Å². The van der Waals surface area contributed by atoms with Crippen molar-refractivity contribution >= 4 is 34.5 Å². The number of imidazole rings is 1. The summed E-state index contributed by atoms with van der Waals surface area (Å²) >= 11 is 1.39. The molecule has 7 nitrogen and oxygen atoms in total. The van der Waals surface area contributed by atoms with Gasteiger partial charge in [-0.3, -0.25) is 4.79 Å². The van der Waals surface area contributed by atoms with Crippen LogP contribution < -0.4 is 5.32 Å². The van der Waals surface area contributed by atoms with Gasteiger partial charge in [-0.15, -0.1) is 0 Å². The van der Waals surface area contributed by atoms with Gasteiger partial charge in [-0.2, -0.15) is 0 Å². The number of carbonyl (C=O) groups excluding carboxylic acids is 1. The van der Waals surface area contributed by atoms with Crippen LogP contribution in [0.1, 0.15) is 36.1 Å². The molecule has 0 bridgehead atoms. The Hall–Kier alpha value is -2.74. The Labute approximate surface area is 155 Å². The largest absolute Gasteiger partial charge is 0.442 e. The highest BCUT2D eigenvalue weighted by molar-refractivity contribution is 7.16. The average Bonchev–Trinajstić information content (AvgIpc) is 3.27. The predicted octanol–water partition coefficient (Wildman–Crippen LogP) is 3.41. The Bertz CT molecular complexity index is 906. The Kier molecular flexibility index (Phi) is 5.62. The third-order valence-electron chi connectivity index (χ3n) is 3.44. The van der Waals surface area contributed by atoms with Crippen LogP contribution in [0.25, 0.3) is 12.2 Å². The first kappa shape index (κ1) is 18.1. The zero-order valence-corrected chi connectivity index (χ0v) is 15.8. The molecule has 0 fully saturated rings. The molecule has 0 aromatic carbocycles. The van der Waals surface area contributed by atoms with Crippen LogP contribution in [0.15, 0.2) is 29.3 Å². The van der Waals surface area contributed by atoms with Crippen LogP contribution >= 0.6 is 11.3 Å². The highest BCUT2D eigenvalue weighted by Crippen LogP contribution is 2.21. The quantitative estimate of drug-likeness (QED) is 0.688. The molecule has 1 N–H and O–H groups in total. The summed E-state index contributed by atoms with van der Waals surface area (Å²) in [6.45, 7) is 4.28. The molecule has 0 aliphatic heterocycles. The Balaban J connectivity index is 1.55. The van der Waals surface area contributed by atoms with Gasteiger partial charge in [0, 0.05) is 36.8 Å². The van der Waals surface area contributed by atoms with E-state index in [2.05, 4.69) is 34.1 Å². The van der Waals surface area contributed by atoms with E-state index in [4.69, 9.17) is 4.42 Å². The minimum Gasteiger partial charge on any atom is -0.442 e. The fraction of sp³-hybridized carbons (Fsp3) is 0.333. The first-order valence-electron chi connectivity index (χ1n) is 8.33. The van der Waals surface area contributed by atoms with Gasteiger partial charge >= 0.3 is 0 Å². The minimum atomic E-state index is -0.139. The number of thiazole rings is 1. The normalized spacial score (nSPS) is 11.5. The van der Waals surface area contributed by atoms with Crippen LogP contribution in [0.4, 0.5) is 5.13 Å². The lowest BCUT2D eigenvalue weighted by atomic mass is 10.1. The molecule has 0 unspecified atom stereocenters. The van der Waals surface area contributed by atoms with Crippen molar-refractivity contribution in [2.24, 2.45) is 13.0 Å². The maximum absolute atomic E-state index is 12.0. The molecule has 0 saturated heterocycles. The van der Waals surface area contributed by atoms with Crippen molar-refractivity contribution in [3.63, 3.8) is 0 Å². The van der Waals surface area contributed by atoms with Gasteiger partial charge in [-0.25, -0.2) is 15.0 Å². The first-order chi connectivity index (χ1) is 12.5. The fourth-order valence-corrected chi connectivity index (χ4v) is 3.09. The molecule has 1 amide bonds. The summed E-state index contributed by atoms with van der Waals surface area (Å²) in [5, 5.41) is 3.34. The zero-order chi connectivity index (χ0) is 18.5. The molecule has 0 radical (unpaired) electrons. The van der Waals surface area contributed by atoms with Crippen LogP contribution in [0, 0.1) is 5.92 Å². The monoisotopic (exact) mass is 371 g/mol. The summed E-state index contributed by atoms with van der Waals surface area (Å²) in [5.41, 5.74) is 0.725. The molecule has 0 aliphatic rings. The molecule has 0 saturated carbocycles. The number of carbonyl (C=O) groups is 1. The second-order valence-corrected chi connectivity index (χ2v) is 7.48. The average molecular weight is 371 g/mol. The van der Waals surface area contributed by atoms with Gasteiger partial charge in [0.2, 0.25) is 11.8 Å². The lowest BCUT2D eigenvalue weighted by Crippen LogP contribution is -2.14. The van der Waals surface area contributed by atoms with E-state index in [0.717, 1.165) is 22.8 Å². The van der Waals surface area contributed by atoms with Crippen molar-refractivity contribution in [1.29, 1.82) is 0 Å². The standard InChI is InChI=1S/C18H21N5O2S/c1-12(2)6-14-8-19-17(25-14)5-4-15-9-20-18(26-15)22-16(24)7-13-10-23(3)11-21-13/h4-5,8-12H,6-7H2,1-3H3,(H,20,22,24)/b5-4+. The van der Waals surface area contributed by atoms with E-state index in [1.54, 1.807) is 24.8 Å². The van der Waals surface area contributed by atoms with E-state index in [1.807, 2.05) is 23.9 Å². The summed E-state index contributed by atoms with van der Waals surface area (Å²) in [5.74, 6) is 1.83. The van der Waals surface area contributed by atoms with Crippen LogP contribution in [-0.2, 0) is 24.7 Å². The van der Waals surface area contributed by atoms with Crippen LogP contribution in [-0.4, -0.2) is 25.4 Å². The van der Waals surface area contributed by atoms with Crippen molar-refractivity contribution in [3.05, 3.63) is 47.1 Å². The van der Waals surface area contributed by atoms with Crippen molar-refractivity contribution in [1.82, 2.24) is 19.5 Å². The molecule has 0 atom stereocenters. The number of rotatable bonds is 7. The lowest BCUT2D eigenvalue weighted by molar-refractivity contribution is -0.115. The van der Waals surface area contributed by atoms with Crippen LogP contribution in [0.5, 0.6) is 0 Å². The number of oxazole rings is 1. The highest BCUT2D eigenvalue weighted by Gasteiger charge is 2.09. The molecule has 8 heteroatoms. The maximum Gasteiger partial charge on any atom is 0.232 e. The van der Waals surface area contributed by atoms with E-state index in [-0.39, 0.29) is 12.3 Å². The number of aromatic nitrogens is 4. The van der Waals surface area contributed by atoms with Gasteiger partial charge in [-0.05, 0) is 12.0 Å². The number of aryl methyl sites for hydroxylation is 1. The summed E-state index contributed by atoms with van der Waals surface area (Å²) in [7, 11) is 1.87. The van der Waals surface area contributed by atoms with E-state index < -0.39 is 0 Å². The molecule has 3 heterocycles. The number of hydrogen-bond acceptors (Lipinski definition) is 6. The molecule has 0 aliphatic carbocycles. The first-order valence-corrected chi connectivity index (χ1v) is 9.15. The van der Waals surface area contributed by atoms with Gasteiger partial charge in [0.15, 0.2) is 5.13 Å². The Morgan fingerprint density at radius 3 is 2.88 bits per heavy atom. The van der Waals surface area contributed by atoms with Crippen molar-refractivity contribution < 1.29 is 9.21 Å². The van der Waals surface area contributed by atoms with E-state index >= 15 is 0 Å². The van der Waals surface area contributed by atoms with Gasteiger partial charge < -0.3 is 14.3 Å². The number of amides is 1. The summed E-state index contributed by atoms with van der Waals surface area (Å²) in [4.78, 5) is 25.5. The third kappa shape index (κ3) is 5.13. The van der Waals surface area contributed by atoms with Gasteiger partial charge in [-0.1, -0.05) is 25.2 Å². The number of nitrogens with one attached hydrogen (secondary N) is 1. The Morgan fingerprint density at radius 2 is 2.15 bits per heavy atom. The van der Waals surface area contributed by atoms with Crippen LogP contribution in [0.3, 0.4) is 0 Å². The molecular weight excluding hydrogens is 350 g/mol. The zero-order valence-electron chi connectivity index (χ0n) is 15.0. The van der Waals surface area contributed by atoms with Gasteiger partial charge in [0.05, 0.1) is 24.6 Å². The molecule has 136 valence electrons. The summed E-state index contributed by atoms with van der Waals surface area (Å²) < 4.78 is 7.47. The second kappa shape index (κ2) is 8.09. The fourth-order valence-electron chi connectivity index (χ4n) is 2.36. The maximum atomic E-state index is 12.0. The Morgan fingerprint density at radius 1 is 1.31 bits per heavy atom. The molecule has 3 aromatic rings. The second-order valence-electron chi connectivity index (χ2n) is 6.42. The summed E-state index contributed by atoms with van der Waals surface area (Å²) in [6, 6.07) is 0. The van der Waals surface area contributed by atoms with Gasteiger partial charge in [0.1, 0.15) is 5.76 Å². The summed E-state index contributed by atoms with van der Waals surface area (Å²) in [6.07, 6.45) is 11.7. The third-order valence-corrected chi connectivity index (χ3v) is 4.32. The highest BCUT2D eigenvalue weighted by atomic mass is 32.1. The van der Waals surface area contributed by atoms with E-state index in [0.29, 0.717) is 16.9 Å². The minimum absolute atomic E-state index is 0.139. The van der Waals surface area contributed by atoms with Crippen molar-refractivity contribution in [2.45, 2.75) is 26.7 Å². The van der Waals surface area contributed by atoms with Crippen molar-refractivity contribution in [3.8, 4) is 0 Å².